The van der Waals surface area contributed by atoms with Crippen LogP contribution in [0.15, 0.2) is 24.3 Å². The smallest absolute Gasteiger partial charge is 0.405 e. The van der Waals surface area contributed by atoms with E-state index in [9.17, 15) is 19.1 Å². The van der Waals surface area contributed by atoms with Crippen molar-refractivity contribution in [3.05, 3.63) is 52.9 Å². The molecule has 2 unspecified atom stereocenters. The van der Waals surface area contributed by atoms with E-state index >= 15 is 0 Å². The number of aromatic nitrogens is 2. The zero-order valence-corrected chi connectivity index (χ0v) is 20.4. The summed E-state index contributed by atoms with van der Waals surface area (Å²) in [5.41, 5.74) is 2.98. The number of fused-ring (bicyclic) bond motifs is 3. The van der Waals surface area contributed by atoms with Gasteiger partial charge in [0.05, 0.1) is 24.0 Å². The van der Waals surface area contributed by atoms with Gasteiger partial charge in [-0.1, -0.05) is 12.1 Å². The first-order chi connectivity index (χ1) is 16.8. The minimum absolute atomic E-state index is 0.110. The summed E-state index contributed by atoms with van der Waals surface area (Å²) < 4.78 is 16.2. The van der Waals surface area contributed by atoms with Crippen molar-refractivity contribution >= 4 is 12.0 Å². The molecule has 35 heavy (non-hydrogen) atoms. The van der Waals surface area contributed by atoms with Crippen molar-refractivity contribution in [1.29, 1.82) is 0 Å². The first-order valence-electron chi connectivity index (χ1n) is 12.6. The molecule has 4 heterocycles. The molecular formula is C26H34FN5O3. The topological polar surface area (TPSA) is 90.7 Å². The van der Waals surface area contributed by atoms with Crippen molar-refractivity contribution in [2.24, 2.45) is 0 Å². The zero-order valence-electron chi connectivity index (χ0n) is 20.4. The second-order valence-corrected chi connectivity index (χ2v) is 10.2. The molecule has 0 radical (unpaired) electrons. The van der Waals surface area contributed by atoms with Crippen molar-refractivity contribution in [3.8, 4) is 0 Å². The Labute approximate surface area is 205 Å². The largest absolute Gasteiger partial charge is 0.465 e. The number of halogens is 1. The molecule has 2 saturated heterocycles. The Balaban J connectivity index is 1.29. The van der Waals surface area contributed by atoms with Gasteiger partial charge in [-0.25, -0.2) is 14.2 Å². The molecule has 5 rings (SSSR count). The van der Waals surface area contributed by atoms with Crippen molar-refractivity contribution in [1.82, 2.24) is 24.7 Å². The Hall–Kier alpha value is -2.94. The van der Waals surface area contributed by atoms with Crippen LogP contribution in [0.25, 0.3) is 0 Å². The van der Waals surface area contributed by atoms with Gasteiger partial charge in [-0.2, -0.15) is 0 Å². The summed E-state index contributed by atoms with van der Waals surface area (Å²) in [7, 11) is 0. The van der Waals surface area contributed by atoms with E-state index < -0.39 is 12.1 Å². The van der Waals surface area contributed by atoms with Crippen LogP contribution < -0.4 is 5.32 Å². The van der Waals surface area contributed by atoms with Gasteiger partial charge in [-0.3, -0.25) is 9.69 Å². The lowest BCUT2D eigenvalue weighted by atomic mass is 9.95. The summed E-state index contributed by atoms with van der Waals surface area (Å²) in [5.74, 6) is 0.789. The van der Waals surface area contributed by atoms with E-state index in [1.165, 1.54) is 17.8 Å². The fourth-order valence-corrected chi connectivity index (χ4v) is 6.56. The number of carbonyl (C=O) groups excluding carboxylic acids is 1. The van der Waals surface area contributed by atoms with Gasteiger partial charge in [-0.15, -0.1) is 0 Å². The van der Waals surface area contributed by atoms with Gasteiger partial charge in [0.2, 0.25) is 5.91 Å². The lowest BCUT2D eigenvalue weighted by molar-refractivity contribution is -0.129. The maximum atomic E-state index is 13.8. The van der Waals surface area contributed by atoms with Crippen molar-refractivity contribution in [2.75, 3.05) is 13.1 Å². The van der Waals surface area contributed by atoms with E-state index in [0.29, 0.717) is 36.7 Å². The number of piperidine rings is 1. The molecule has 1 aromatic carbocycles. The second-order valence-electron chi connectivity index (χ2n) is 10.2. The van der Waals surface area contributed by atoms with Gasteiger partial charge in [0, 0.05) is 44.6 Å². The zero-order chi connectivity index (χ0) is 24.7. The van der Waals surface area contributed by atoms with E-state index in [-0.39, 0.29) is 11.7 Å². The van der Waals surface area contributed by atoms with E-state index in [2.05, 4.69) is 21.7 Å². The molecule has 2 bridgehead atoms. The molecule has 8 nitrogen and oxygen atoms in total. The van der Waals surface area contributed by atoms with Crippen LogP contribution in [0.4, 0.5) is 9.18 Å². The Morgan fingerprint density at radius 3 is 2.63 bits per heavy atom. The highest BCUT2D eigenvalue weighted by atomic mass is 19.1. The monoisotopic (exact) mass is 483 g/mol. The van der Waals surface area contributed by atoms with E-state index in [4.69, 9.17) is 4.98 Å². The number of imidazole rings is 1. The second kappa shape index (κ2) is 9.60. The maximum Gasteiger partial charge on any atom is 0.405 e. The highest BCUT2D eigenvalue weighted by molar-refractivity contribution is 5.73. The minimum atomic E-state index is -1.10. The predicted octanol–water partition coefficient (Wildman–Crippen LogP) is 3.80. The van der Waals surface area contributed by atoms with Gasteiger partial charge >= 0.3 is 6.09 Å². The third-order valence-corrected chi connectivity index (χ3v) is 8.12. The Kier molecular flexibility index (Phi) is 6.53. The normalized spacial score (nSPS) is 24.8. The molecule has 2 N–H and O–H groups in total. The molecule has 2 fully saturated rings. The van der Waals surface area contributed by atoms with E-state index in [1.54, 1.807) is 19.1 Å². The van der Waals surface area contributed by atoms with Crippen LogP contribution in [0, 0.1) is 12.7 Å². The number of carbonyl (C=O) groups is 2. The lowest BCUT2D eigenvalue weighted by Crippen LogP contribution is -2.45. The molecular weight excluding hydrogens is 449 g/mol. The lowest BCUT2D eigenvalue weighted by Gasteiger charge is -2.41. The van der Waals surface area contributed by atoms with Crippen LogP contribution in [-0.4, -0.2) is 61.6 Å². The molecule has 9 heteroatoms. The van der Waals surface area contributed by atoms with Crippen LogP contribution in [-0.2, 0) is 17.8 Å². The number of rotatable bonds is 6. The van der Waals surface area contributed by atoms with Gasteiger partial charge in [-0.05, 0) is 56.7 Å². The fourth-order valence-electron chi connectivity index (χ4n) is 6.56. The maximum absolute atomic E-state index is 13.8. The van der Waals surface area contributed by atoms with Crippen LogP contribution in [0.2, 0.25) is 0 Å². The standard InChI is InChI=1S/C26H34FN5O3/c1-16-28-24-8-10-30(17(2)33)15-25(24)32(16)22-13-20-6-7-21(14-22)31(20)11-9-23(29-26(34)35)18-4-3-5-19(27)12-18/h3-5,12,20-23,29H,6-11,13-15H2,1-2H3,(H,34,35)/t20?,21?,22?,23-/m0/s1. The molecule has 188 valence electrons. The summed E-state index contributed by atoms with van der Waals surface area (Å²) in [4.78, 5) is 32.7. The molecule has 2 aromatic rings. The first-order valence-corrected chi connectivity index (χ1v) is 12.6. The number of hydrogen-bond acceptors (Lipinski definition) is 4. The fraction of sp³-hybridized carbons (Fsp3) is 0.577. The number of carboxylic acid groups (broad SMARTS) is 1. The number of aryl methyl sites for hydroxylation is 1. The third-order valence-electron chi connectivity index (χ3n) is 8.12. The van der Waals surface area contributed by atoms with Crippen molar-refractivity contribution in [3.63, 3.8) is 0 Å². The van der Waals surface area contributed by atoms with Crippen molar-refractivity contribution < 1.29 is 19.1 Å². The number of hydrogen-bond donors (Lipinski definition) is 2. The van der Waals surface area contributed by atoms with Crippen LogP contribution in [0.5, 0.6) is 0 Å². The average Bonchev–Trinajstić information content (AvgIpc) is 3.26. The summed E-state index contributed by atoms with van der Waals surface area (Å²) in [6.45, 7) is 5.85. The summed E-state index contributed by atoms with van der Waals surface area (Å²) in [6.07, 6.45) is 4.63. The highest BCUT2D eigenvalue weighted by Crippen LogP contribution is 2.43. The number of amides is 2. The Bertz CT molecular complexity index is 1100. The Morgan fingerprint density at radius 1 is 1.23 bits per heavy atom. The third kappa shape index (κ3) is 4.78. The van der Waals surface area contributed by atoms with E-state index in [0.717, 1.165) is 56.7 Å². The molecule has 1 aromatic heterocycles. The van der Waals surface area contributed by atoms with Crippen molar-refractivity contribution in [2.45, 2.75) is 83.1 Å². The Morgan fingerprint density at radius 2 is 1.97 bits per heavy atom. The predicted molar refractivity (Wildman–Crippen MR) is 128 cm³/mol. The minimum Gasteiger partial charge on any atom is -0.465 e. The van der Waals surface area contributed by atoms with Gasteiger partial charge in [0.1, 0.15) is 11.6 Å². The van der Waals surface area contributed by atoms with Gasteiger partial charge in [0.15, 0.2) is 0 Å². The number of nitrogens with one attached hydrogen (secondary N) is 1. The molecule has 3 aliphatic rings. The summed E-state index contributed by atoms with van der Waals surface area (Å²) in [5, 5.41) is 11.9. The SMILES string of the molecule is CC(=O)N1CCc2nc(C)n(C3CC4CCC(C3)N4CC[C@H](NC(=O)O)c3cccc(F)c3)c2C1. The molecule has 2 amide bonds. The first kappa shape index (κ1) is 23.8. The molecule has 0 spiro atoms. The van der Waals surface area contributed by atoms with E-state index in [1.807, 2.05) is 4.90 Å². The summed E-state index contributed by atoms with van der Waals surface area (Å²) in [6, 6.07) is 6.97. The van der Waals surface area contributed by atoms with Crippen LogP contribution >= 0.6 is 0 Å². The summed E-state index contributed by atoms with van der Waals surface area (Å²) >= 11 is 0. The molecule has 0 saturated carbocycles. The van der Waals surface area contributed by atoms with Gasteiger partial charge in [0.25, 0.3) is 0 Å². The van der Waals surface area contributed by atoms with Crippen LogP contribution in [0.3, 0.4) is 0 Å². The highest BCUT2D eigenvalue weighted by Gasteiger charge is 2.42. The number of benzene rings is 1. The van der Waals surface area contributed by atoms with Crippen LogP contribution in [0.1, 0.15) is 73.9 Å². The molecule has 0 aliphatic carbocycles. The molecule has 3 aliphatic heterocycles. The molecule has 3 atom stereocenters. The quantitative estimate of drug-likeness (QED) is 0.652. The average molecular weight is 484 g/mol. The van der Waals surface area contributed by atoms with Gasteiger partial charge < -0.3 is 19.9 Å². The number of nitrogens with zero attached hydrogens (tertiary/aromatic N) is 4.